The molecule has 102 valence electrons. The lowest BCUT2D eigenvalue weighted by Gasteiger charge is -2.22. The van der Waals surface area contributed by atoms with E-state index in [1.165, 1.54) is 32.8 Å². The van der Waals surface area contributed by atoms with E-state index in [1.807, 2.05) is 12.1 Å². The first-order chi connectivity index (χ1) is 9.19. The molecule has 4 nitrogen and oxygen atoms in total. The van der Waals surface area contributed by atoms with Crippen LogP contribution < -0.4 is 5.73 Å². The SMILES string of the molecule is COC(=O)c1cc(CN2C3CCC2CC3)ccc1N. The molecule has 19 heavy (non-hydrogen) atoms. The van der Waals surface area contributed by atoms with Crippen molar-refractivity contribution in [3.05, 3.63) is 29.3 Å². The summed E-state index contributed by atoms with van der Waals surface area (Å²) in [6.45, 7) is 0.916. The van der Waals surface area contributed by atoms with Crippen molar-refractivity contribution < 1.29 is 9.53 Å². The van der Waals surface area contributed by atoms with Gasteiger partial charge in [-0.3, -0.25) is 4.90 Å². The third-order valence-electron chi connectivity index (χ3n) is 4.49. The van der Waals surface area contributed by atoms with E-state index < -0.39 is 0 Å². The predicted octanol–water partition coefficient (Wildman–Crippen LogP) is 2.18. The van der Waals surface area contributed by atoms with Crippen LogP contribution in [0.2, 0.25) is 0 Å². The molecule has 2 N–H and O–H groups in total. The number of hydrogen-bond donors (Lipinski definition) is 1. The number of fused-ring (bicyclic) bond motifs is 2. The van der Waals surface area contributed by atoms with E-state index in [1.54, 1.807) is 6.07 Å². The van der Waals surface area contributed by atoms with Crippen LogP contribution in [0.4, 0.5) is 5.69 Å². The summed E-state index contributed by atoms with van der Waals surface area (Å²) in [6.07, 6.45) is 5.29. The van der Waals surface area contributed by atoms with Crippen molar-refractivity contribution in [1.29, 1.82) is 0 Å². The number of carbonyl (C=O) groups excluding carboxylic acids is 1. The third-order valence-corrected chi connectivity index (χ3v) is 4.49. The van der Waals surface area contributed by atoms with Crippen LogP contribution in [0.25, 0.3) is 0 Å². The van der Waals surface area contributed by atoms with E-state index >= 15 is 0 Å². The molecular weight excluding hydrogens is 240 g/mol. The van der Waals surface area contributed by atoms with Gasteiger partial charge < -0.3 is 10.5 Å². The second-order valence-corrected chi connectivity index (χ2v) is 5.55. The largest absolute Gasteiger partial charge is 0.465 e. The Morgan fingerprint density at radius 1 is 1.32 bits per heavy atom. The lowest BCUT2D eigenvalue weighted by molar-refractivity contribution is 0.0601. The number of carbonyl (C=O) groups is 1. The standard InChI is InChI=1S/C15H20N2O2/c1-19-15(18)13-8-10(2-7-14(13)16)9-17-11-3-4-12(17)6-5-11/h2,7-8,11-12H,3-6,9,16H2,1H3. The number of hydrogen-bond acceptors (Lipinski definition) is 4. The first kappa shape index (κ1) is 12.5. The van der Waals surface area contributed by atoms with Gasteiger partial charge in [-0.2, -0.15) is 0 Å². The molecule has 0 saturated carbocycles. The minimum Gasteiger partial charge on any atom is -0.465 e. The molecule has 0 aromatic heterocycles. The smallest absolute Gasteiger partial charge is 0.339 e. The summed E-state index contributed by atoms with van der Waals surface area (Å²) >= 11 is 0. The summed E-state index contributed by atoms with van der Waals surface area (Å²) in [5.74, 6) is -0.358. The maximum absolute atomic E-state index is 11.6. The van der Waals surface area contributed by atoms with Crippen molar-refractivity contribution in [3.8, 4) is 0 Å². The highest BCUT2D eigenvalue weighted by Gasteiger charge is 2.38. The summed E-state index contributed by atoms with van der Waals surface area (Å²) in [7, 11) is 1.38. The zero-order valence-electron chi connectivity index (χ0n) is 11.3. The molecule has 2 heterocycles. The first-order valence-electron chi connectivity index (χ1n) is 6.91. The Hall–Kier alpha value is -1.55. The molecule has 2 fully saturated rings. The number of nitrogens with two attached hydrogens (primary N) is 1. The average Bonchev–Trinajstić information content (AvgIpc) is 2.99. The third kappa shape index (κ3) is 2.21. The summed E-state index contributed by atoms with van der Waals surface area (Å²) in [5.41, 5.74) is 7.94. The van der Waals surface area contributed by atoms with E-state index in [9.17, 15) is 4.79 Å². The van der Waals surface area contributed by atoms with Crippen molar-refractivity contribution in [2.24, 2.45) is 0 Å². The van der Waals surface area contributed by atoms with Gasteiger partial charge in [-0.05, 0) is 43.4 Å². The Bertz CT molecular complexity index is 481. The van der Waals surface area contributed by atoms with Crippen molar-refractivity contribution in [2.45, 2.75) is 44.3 Å². The highest BCUT2D eigenvalue weighted by Crippen LogP contribution is 2.38. The second kappa shape index (κ2) is 4.85. The molecule has 0 radical (unpaired) electrons. The van der Waals surface area contributed by atoms with Gasteiger partial charge >= 0.3 is 5.97 Å². The quantitative estimate of drug-likeness (QED) is 0.668. The Morgan fingerprint density at radius 2 is 1.95 bits per heavy atom. The summed E-state index contributed by atoms with van der Waals surface area (Å²) in [4.78, 5) is 14.2. The molecule has 3 rings (SSSR count). The van der Waals surface area contributed by atoms with Gasteiger partial charge in [0, 0.05) is 24.3 Å². The van der Waals surface area contributed by atoms with Crippen LogP contribution in [-0.4, -0.2) is 30.1 Å². The Morgan fingerprint density at radius 3 is 2.53 bits per heavy atom. The van der Waals surface area contributed by atoms with Gasteiger partial charge in [0.1, 0.15) is 0 Å². The number of ether oxygens (including phenoxy) is 1. The fourth-order valence-electron chi connectivity index (χ4n) is 3.48. The van der Waals surface area contributed by atoms with Crippen LogP contribution in [0.3, 0.4) is 0 Å². The molecule has 4 heteroatoms. The van der Waals surface area contributed by atoms with Crippen LogP contribution >= 0.6 is 0 Å². The van der Waals surface area contributed by atoms with Gasteiger partial charge in [0.2, 0.25) is 0 Å². The zero-order valence-corrected chi connectivity index (χ0v) is 11.3. The van der Waals surface area contributed by atoms with Crippen LogP contribution in [0.1, 0.15) is 41.6 Å². The lowest BCUT2D eigenvalue weighted by Crippen LogP contribution is -2.27. The normalized spacial score (nSPS) is 25.7. The zero-order chi connectivity index (χ0) is 13.4. The molecule has 2 aliphatic heterocycles. The van der Waals surface area contributed by atoms with Gasteiger partial charge in [0.15, 0.2) is 0 Å². The minimum atomic E-state index is -0.358. The second-order valence-electron chi connectivity index (χ2n) is 5.55. The van der Waals surface area contributed by atoms with E-state index in [-0.39, 0.29) is 5.97 Å². The highest BCUT2D eigenvalue weighted by atomic mass is 16.5. The number of methoxy groups -OCH3 is 1. The topological polar surface area (TPSA) is 55.6 Å². The van der Waals surface area contributed by atoms with Crippen LogP contribution in [-0.2, 0) is 11.3 Å². The average molecular weight is 260 g/mol. The molecule has 0 aliphatic carbocycles. The summed E-state index contributed by atoms with van der Waals surface area (Å²) in [5, 5.41) is 0. The fourth-order valence-corrected chi connectivity index (χ4v) is 3.48. The summed E-state index contributed by atoms with van der Waals surface area (Å²) < 4.78 is 4.76. The number of benzene rings is 1. The maximum atomic E-state index is 11.6. The minimum absolute atomic E-state index is 0.358. The molecule has 0 amide bonds. The van der Waals surface area contributed by atoms with E-state index in [2.05, 4.69) is 4.90 Å². The highest BCUT2D eigenvalue weighted by molar-refractivity contribution is 5.95. The molecular formula is C15H20N2O2. The van der Waals surface area contributed by atoms with Gasteiger partial charge in [-0.25, -0.2) is 4.79 Å². The molecule has 0 atom stereocenters. The monoisotopic (exact) mass is 260 g/mol. The van der Waals surface area contributed by atoms with Crippen molar-refractivity contribution in [1.82, 2.24) is 4.90 Å². The van der Waals surface area contributed by atoms with Gasteiger partial charge in [0.25, 0.3) is 0 Å². The Labute approximate surface area is 113 Å². The number of rotatable bonds is 3. The molecule has 0 unspecified atom stereocenters. The first-order valence-corrected chi connectivity index (χ1v) is 6.91. The molecule has 1 aromatic rings. The van der Waals surface area contributed by atoms with E-state index in [4.69, 9.17) is 10.5 Å². The Kier molecular flexibility index (Phi) is 3.19. The fraction of sp³-hybridized carbons (Fsp3) is 0.533. The maximum Gasteiger partial charge on any atom is 0.339 e. The van der Waals surface area contributed by atoms with Crippen LogP contribution in [0.5, 0.6) is 0 Å². The van der Waals surface area contributed by atoms with E-state index in [0.29, 0.717) is 11.3 Å². The van der Waals surface area contributed by atoms with Crippen LogP contribution in [0, 0.1) is 0 Å². The predicted molar refractivity (Wildman–Crippen MR) is 73.8 cm³/mol. The van der Waals surface area contributed by atoms with Crippen molar-refractivity contribution in [3.63, 3.8) is 0 Å². The number of nitrogen functional groups attached to an aromatic ring is 1. The van der Waals surface area contributed by atoms with Crippen LogP contribution in [0.15, 0.2) is 18.2 Å². The molecule has 2 bridgehead atoms. The molecule has 2 saturated heterocycles. The van der Waals surface area contributed by atoms with Crippen molar-refractivity contribution in [2.75, 3.05) is 12.8 Å². The number of nitrogens with zero attached hydrogens (tertiary/aromatic N) is 1. The van der Waals surface area contributed by atoms with Gasteiger partial charge in [-0.15, -0.1) is 0 Å². The van der Waals surface area contributed by atoms with E-state index in [0.717, 1.165) is 24.2 Å². The number of esters is 1. The lowest BCUT2D eigenvalue weighted by atomic mass is 10.0. The molecule has 1 aromatic carbocycles. The molecule has 2 aliphatic rings. The summed E-state index contributed by atoms with van der Waals surface area (Å²) in [6, 6.07) is 7.17. The van der Waals surface area contributed by atoms with Crippen molar-refractivity contribution >= 4 is 11.7 Å². The molecule has 0 spiro atoms. The number of anilines is 1. The van der Waals surface area contributed by atoms with Gasteiger partial charge in [0.05, 0.1) is 12.7 Å². The van der Waals surface area contributed by atoms with Gasteiger partial charge in [-0.1, -0.05) is 6.07 Å². The Balaban J connectivity index is 1.80.